The molecule has 0 saturated carbocycles. The van der Waals surface area contributed by atoms with Crippen molar-refractivity contribution in [2.45, 2.75) is 52.4 Å². The highest BCUT2D eigenvalue weighted by Crippen LogP contribution is 2.40. The van der Waals surface area contributed by atoms with Crippen LogP contribution < -0.4 is 4.74 Å². The average molecular weight is 397 g/mol. The lowest BCUT2D eigenvalue weighted by atomic mass is 9.87. The van der Waals surface area contributed by atoms with E-state index in [-0.39, 0.29) is 0 Å². The highest BCUT2D eigenvalue weighted by atomic mass is 32.1. The first-order valence-electron chi connectivity index (χ1n) is 9.84. The van der Waals surface area contributed by atoms with Crippen LogP contribution in [0, 0.1) is 0 Å². The van der Waals surface area contributed by atoms with Gasteiger partial charge >= 0.3 is 0 Å². The summed E-state index contributed by atoms with van der Waals surface area (Å²) in [5.74, 6) is 1.82. The predicted octanol–water partition coefficient (Wildman–Crippen LogP) is 6.45. The minimum atomic E-state index is 0.405. The van der Waals surface area contributed by atoms with Crippen molar-refractivity contribution in [2.24, 2.45) is 0 Å². The maximum Gasteiger partial charge on any atom is 0.194 e. The summed E-state index contributed by atoms with van der Waals surface area (Å²) < 4.78 is 7.68. The van der Waals surface area contributed by atoms with Crippen molar-refractivity contribution in [1.29, 1.82) is 0 Å². The molecule has 0 aliphatic heterocycles. The van der Waals surface area contributed by atoms with E-state index < -0.39 is 0 Å². The summed E-state index contributed by atoms with van der Waals surface area (Å²) in [6.45, 7) is 8.89. The number of benzene rings is 1. The van der Waals surface area contributed by atoms with Gasteiger partial charge in [0.15, 0.2) is 11.4 Å². The minimum absolute atomic E-state index is 0.405. The Morgan fingerprint density at radius 2 is 1.82 bits per heavy atom. The van der Waals surface area contributed by atoms with Gasteiger partial charge in [-0.3, -0.25) is 9.36 Å². The highest BCUT2D eigenvalue weighted by molar-refractivity contribution is 7.12. The normalized spacial score (nSPS) is 13.3. The molecule has 2 atom stereocenters. The Morgan fingerprint density at radius 3 is 2.36 bits per heavy atom. The molecule has 2 heterocycles. The summed E-state index contributed by atoms with van der Waals surface area (Å²) in [5.41, 5.74) is 5.12. The molecular weight excluding hydrogens is 368 g/mol. The highest BCUT2D eigenvalue weighted by Gasteiger charge is 2.20. The fraction of sp³-hybridized carbons (Fsp3) is 0.391. The molecular formula is C23H28N2O2S. The molecule has 0 N–H and O–H groups in total. The Bertz CT molecular complexity index is 926. The third kappa shape index (κ3) is 3.76. The maximum absolute atomic E-state index is 11.3. The van der Waals surface area contributed by atoms with Crippen LogP contribution in [-0.2, 0) is 0 Å². The van der Waals surface area contributed by atoms with Crippen molar-refractivity contribution in [3.8, 4) is 22.1 Å². The maximum atomic E-state index is 11.3. The standard InChI is InChI=1S/C23H28N2O2S/c1-6-15(3)19-11-17(12-20(16(4)7-2)22(19)27-5)21-14-28-23(24-21)25-10-8-9-18(25)13-26/h8-16H,6-7H2,1-5H3. The van der Waals surface area contributed by atoms with E-state index >= 15 is 0 Å². The molecule has 0 amide bonds. The van der Waals surface area contributed by atoms with Crippen LogP contribution in [0.5, 0.6) is 5.75 Å². The van der Waals surface area contributed by atoms with Crippen LogP contribution in [0.25, 0.3) is 16.4 Å². The van der Waals surface area contributed by atoms with Crippen molar-refractivity contribution in [3.63, 3.8) is 0 Å². The lowest BCUT2D eigenvalue weighted by Crippen LogP contribution is -2.04. The lowest BCUT2D eigenvalue weighted by molar-refractivity contribution is 0.111. The molecule has 0 fully saturated rings. The summed E-state index contributed by atoms with van der Waals surface area (Å²) in [5, 5.41) is 2.86. The first kappa shape index (κ1) is 20.3. The van der Waals surface area contributed by atoms with Crippen LogP contribution in [-0.4, -0.2) is 22.9 Å². The molecule has 3 rings (SSSR count). The van der Waals surface area contributed by atoms with Crippen LogP contribution in [0.3, 0.4) is 0 Å². The first-order chi connectivity index (χ1) is 13.5. The van der Waals surface area contributed by atoms with E-state index in [0.29, 0.717) is 17.5 Å². The fourth-order valence-corrected chi connectivity index (χ4v) is 4.24. The van der Waals surface area contributed by atoms with Gasteiger partial charge in [0.25, 0.3) is 0 Å². The number of aldehydes is 1. The largest absolute Gasteiger partial charge is 0.496 e. The summed E-state index contributed by atoms with van der Waals surface area (Å²) >= 11 is 1.54. The SMILES string of the molecule is CCC(C)c1cc(-c2csc(-n3cccc3C=O)n2)cc(C(C)CC)c1OC. The van der Waals surface area contributed by atoms with Crippen molar-refractivity contribution in [2.75, 3.05) is 7.11 Å². The van der Waals surface area contributed by atoms with Gasteiger partial charge in [0.05, 0.1) is 18.5 Å². The molecule has 0 aliphatic rings. The van der Waals surface area contributed by atoms with Gasteiger partial charge in [0, 0.05) is 17.1 Å². The zero-order chi connectivity index (χ0) is 20.3. The van der Waals surface area contributed by atoms with Crippen LogP contribution in [0.15, 0.2) is 35.8 Å². The quantitative estimate of drug-likeness (QED) is 0.411. The molecule has 28 heavy (non-hydrogen) atoms. The predicted molar refractivity (Wildman–Crippen MR) is 116 cm³/mol. The van der Waals surface area contributed by atoms with Crippen LogP contribution in [0.1, 0.15) is 74.0 Å². The van der Waals surface area contributed by atoms with Gasteiger partial charge in [-0.2, -0.15) is 0 Å². The summed E-state index contributed by atoms with van der Waals surface area (Å²) in [6.07, 6.45) is 4.83. The first-order valence-corrected chi connectivity index (χ1v) is 10.7. The van der Waals surface area contributed by atoms with E-state index in [1.807, 2.05) is 16.8 Å². The lowest BCUT2D eigenvalue weighted by Gasteiger charge is -2.22. The average Bonchev–Trinajstić information content (AvgIpc) is 3.40. The van der Waals surface area contributed by atoms with Gasteiger partial charge in [-0.15, -0.1) is 11.3 Å². The molecule has 148 valence electrons. The van der Waals surface area contributed by atoms with Gasteiger partial charge in [0.2, 0.25) is 0 Å². The summed E-state index contributed by atoms with van der Waals surface area (Å²) in [4.78, 5) is 16.1. The van der Waals surface area contributed by atoms with Crippen LogP contribution in [0.4, 0.5) is 0 Å². The Morgan fingerprint density at radius 1 is 1.18 bits per heavy atom. The van der Waals surface area contributed by atoms with E-state index in [1.165, 1.54) is 11.1 Å². The number of methoxy groups -OCH3 is 1. The van der Waals surface area contributed by atoms with E-state index in [0.717, 1.165) is 41.3 Å². The van der Waals surface area contributed by atoms with Gasteiger partial charge in [-0.1, -0.05) is 27.7 Å². The monoisotopic (exact) mass is 396 g/mol. The van der Waals surface area contributed by atoms with E-state index in [9.17, 15) is 4.79 Å². The number of hydrogen-bond acceptors (Lipinski definition) is 4. The smallest absolute Gasteiger partial charge is 0.194 e. The molecule has 0 radical (unpaired) electrons. The van der Waals surface area contributed by atoms with Crippen molar-refractivity contribution in [3.05, 3.63) is 52.7 Å². The Kier molecular flexibility index (Phi) is 6.35. The van der Waals surface area contributed by atoms with Gasteiger partial charge in [-0.05, 0) is 60.1 Å². The van der Waals surface area contributed by atoms with E-state index in [2.05, 4.69) is 45.2 Å². The number of ether oxygens (including phenoxy) is 1. The Labute approximate surface area is 171 Å². The topological polar surface area (TPSA) is 44.1 Å². The summed E-state index contributed by atoms with van der Waals surface area (Å²) in [6, 6.07) is 8.09. The molecule has 5 heteroatoms. The number of rotatable bonds is 8. The van der Waals surface area contributed by atoms with Crippen LogP contribution >= 0.6 is 11.3 Å². The van der Waals surface area contributed by atoms with Gasteiger partial charge in [-0.25, -0.2) is 4.98 Å². The number of carbonyl (C=O) groups is 1. The molecule has 0 bridgehead atoms. The Balaban J connectivity index is 2.13. The number of hydrogen-bond donors (Lipinski definition) is 0. The molecule has 0 saturated heterocycles. The second-order valence-corrected chi connectivity index (χ2v) is 8.08. The number of nitrogens with zero attached hydrogens (tertiary/aromatic N) is 2. The molecule has 0 spiro atoms. The van der Waals surface area contributed by atoms with Crippen molar-refractivity contribution >= 4 is 17.6 Å². The molecule has 2 unspecified atom stereocenters. The molecule has 1 aromatic carbocycles. The molecule has 4 nitrogen and oxygen atoms in total. The number of aromatic nitrogens is 2. The zero-order valence-electron chi connectivity index (χ0n) is 17.2. The second-order valence-electron chi connectivity index (χ2n) is 7.24. The number of carbonyl (C=O) groups excluding carboxylic acids is 1. The van der Waals surface area contributed by atoms with Gasteiger partial charge in [0.1, 0.15) is 5.75 Å². The third-order valence-electron chi connectivity index (χ3n) is 5.53. The van der Waals surface area contributed by atoms with Gasteiger partial charge < -0.3 is 4.74 Å². The fourth-order valence-electron chi connectivity index (χ4n) is 3.40. The minimum Gasteiger partial charge on any atom is -0.496 e. The number of thiazole rings is 1. The van der Waals surface area contributed by atoms with Crippen LogP contribution in [0.2, 0.25) is 0 Å². The van der Waals surface area contributed by atoms with Crippen molar-refractivity contribution < 1.29 is 9.53 Å². The molecule has 2 aromatic heterocycles. The third-order valence-corrected chi connectivity index (χ3v) is 6.37. The van der Waals surface area contributed by atoms with E-state index in [1.54, 1.807) is 24.5 Å². The van der Waals surface area contributed by atoms with E-state index in [4.69, 9.17) is 9.72 Å². The summed E-state index contributed by atoms with van der Waals surface area (Å²) in [7, 11) is 1.76. The van der Waals surface area contributed by atoms with Crippen molar-refractivity contribution in [1.82, 2.24) is 9.55 Å². The zero-order valence-corrected chi connectivity index (χ0v) is 18.0. The molecule has 3 aromatic rings. The molecule has 0 aliphatic carbocycles. The Hall–Kier alpha value is -2.40. The second kappa shape index (κ2) is 8.74.